The molecule has 0 bridgehead atoms. The second-order valence-electron chi connectivity index (χ2n) is 4.96. The third-order valence-corrected chi connectivity index (χ3v) is 3.31. The Morgan fingerprint density at radius 1 is 1.11 bits per heavy atom. The van der Waals surface area contributed by atoms with Crippen molar-refractivity contribution < 1.29 is 9.47 Å². The fourth-order valence-electron chi connectivity index (χ4n) is 1.94. The van der Waals surface area contributed by atoms with Crippen LogP contribution in [0.3, 0.4) is 0 Å². The second kappa shape index (κ2) is 8.25. The molecular weight excluding hydrogens is 248 g/mol. The van der Waals surface area contributed by atoms with Crippen LogP contribution < -0.4 is 9.47 Å². The van der Waals surface area contributed by atoms with E-state index in [2.05, 4.69) is 13.8 Å². The molecule has 102 valence electrons. The highest BCUT2D eigenvalue weighted by Crippen LogP contribution is 2.20. The molecule has 0 aliphatic rings. The van der Waals surface area contributed by atoms with E-state index in [9.17, 15) is 0 Å². The van der Waals surface area contributed by atoms with Crippen LogP contribution in [0.15, 0.2) is 24.3 Å². The van der Waals surface area contributed by atoms with E-state index >= 15 is 0 Å². The maximum atomic E-state index is 5.96. The van der Waals surface area contributed by atoms with Crippen LogP contribution in [0.2, 0.25) is 0 Å². The summed E-state index contributed by atoms with van der Waals surface area (Å²) in [6.45, 7) is 5.17. The Kier molecular flexibility index (Phi) is 6.96. The van der Waals surface area contributed by atoms with Gasteiger partial charge in [-0.2, -0.15) is 0 Å². The first-order valence-corrected chi connectivity index (χ1v) is 7.02. The molecule has 0 aliphatic heterocycles. The maximum Gasteiger partial charge on any atom is 0.119 e. The zero-order valence-corrected chi connectivity index (χ0v) is 12.2. The van der Waals surface area contributed by atoms with Crippen LogP contribution in [-0.2, 0) is 0 Å². The van der Waals surface area contributed by atoms with Crippen molar-refractivity contribution in [2.75, 3.05) is 19.6 Å². The van der Waals surface area contributed by atoms with Crippen molar-refractivity contribution in [2.45, 2.75) is 26.7 Å². The van der Waals surface area contributed by atoms with Gasteiger partial charge in [0.25, 0.3) is 0 Å². The Labute approximate surface area is 115 Å². The standard InChI is InChI=1S/C15H23ClO2/c1-12(2)10-13(11-16)8-9-18-15-6-4-14(17-3)5-7-15/h4-7,12-13H,8-11H2,1-3H3. The van der Waals surface area contributed by atoms with E-state index in [0.29, 0.717) is 17.7 Å². The molecule has 2 nitrogen and oxygen atoms in total. The van der Waals surface area contributed by atoms with Gasteiger partial charge in [0, 0.05) is 5.88 Å². The van der Waals surface area contributed by atoms with Crippen molar-refractivity contribution in [2.24, 2.45) is 11.8 Å². The summed E-state index contributed by atoms with van der Waals surface area (Å²) in [6, 6.07) is 7.67. The van der Waals surface area contributed by atoms with Gasteiger partial charge >= 0.3 is 0 Å². The van der Waals surface area contributed by atoms with Gasteiger partial charge in [-0.3, -0.25) is 0 Å². The predicted molar refractivity (Wildman–Crippen MR) is 76.8 cm³/mol. The Morgan fingerprint density at radius 2 is 1.72 bits per heavy atom. The van der Waals surface area contributed by atoms with E-state index < -0.39 is 0 Å². The van der Waals surface area contributed by atoms with Gasteiger partial charge in [-0.05, 0) is 48.9 Å². The molecule has 0 saturated heterocycles. The van der Waals surface area contributed by atoms with Gasteiger partial charge in [0.2, 0.25) is 0 Å². The number of hydrogen-bond acceptors (Lipinski definition) is 2. The van der Waals surface area contributed by atoms with Gasteiger partial charge in [-0.25, -0.2) is 0 Å². The van der Waals surface area contributed by atoms with Gasteiger partial charge in [-0.1, -0.05) is 13.8 Å². The highest BCUT2D eigenvalue weighted by atomic mass is 35.5. The predicted octanol–water partition coefficient (Wildman–Crippen LogP) is 4.37. The van der Waals surface area contributed by atoms with Crippen LogP contribution in [0.4, 0.5) is 0 Å². The molecule has 1 aromatic rings. The number of rotatable bonds is 8. The van der Waals surface area contributed by atoms with Crippen LogP contribution in [0.1, 0.15) is 26.7 Å². The van der Waals surface area contributed by atoms with E-state index in [1.807, 2.05) is 24.3 Å². The minimum Gasteiger partial charge on any atom is -0.497 e. The van der Waals surface area contributed by atoms with Crippen molar-refractivity contribution in [3.63, 3.8) is 0 Å². The van der Waals surface area contributed by atoms with Gasteiger partial charge in [0.1, 0.15) is 11.5 Å². The fourth-order valence-corrected chi connectivity index (χ4v) is 2.22. The molecule has 1 atom stereocenters. The molecule has 1 rings (SSSR count). The van der Waals surface area contributed by atoms with Crippen LogP contribution in [0.25, 0.3) is 0 Å². The molecule has 0 N–H and O–H groups in total. The maximum absolute atomic E-state index is 5.96. The summed E-state index contributed by atoms with van der Waals surface area (Å²) in [4.78, 5) is 0. The van der Waals surface area contributed by atoms with Gasteiger partial charge < -0.3 is 9.47 Å². The summed E-state index contributed by atoms with van der Waals surface area (Å²) in [5.74, 6) is 3.68. The molecule has 1 unspecified atom stereocenters. The van der Waals surface area contributed by atoms with Gasteiger partial charge in [0.15, 0.2) is 0 Å². The van der Waals surface area contributed by atoms with Crippen LogP contribution >= 0.6 is 11.6 Å². The average Bonchev–Trinajstić information content (AvgIpc) is 2.38. The number of hydrogen-bond donors (Lipinski definition) is 0. The van der Waals surface area contributed by atoms with Gasteiger partial charge in [-0.15, -0.1) is 11.6 Å². The Hall–Kier alpha value is -0.890. The average molecular weight is 271 g/mol. The van der Waals surface area contributed by atoms with E-state index in [1.54, 1.807) is 7.11 Å². The largest absolute Gasteiger partial charge is 0.497 e. The normalized spacial score (nSPS) is 12.5. The van der Waals surface area contributed by atoms with Crippen molar-refractivity contribution in [3.8, 4) is 11.5 Å². The van der Waals surface area contributed by atoms with E-state index in [4.69, 9.17) is 21.1 Å². The van der Waals surface area contributed by atoms with Crippen molar-refractivity contribution in [3.05, 3.63) is 24.3 Å². The fraction of sp³-hybridized carbons (Fsp3) is 0.600. The molecule has 0 spiro atoms. The topological polar surface area (TPSA) is 18.5 Å². The minimum atomic E-state index is 0.546. The first kappa shape index (κ1) is 15.2. The third kappa shape index (κ3) is 5.63. The molecule has 0 saturated carbocycles. The molecule has 1 aromatic carbocycles. The Balaban J connectivity index is 2.31. The summed E-state index contributed by atoms with van der Waals surface area (Å²) in [5, 5.41) is 0. The number of ether oxygens (including phenoxy) is 2. The summed E-state index contributed by atoms with van der Waals surface area (Å²) in [7, 11) is 1.66. The highest BCUT2D eigenvalue weighted by Gasteiger charge is 2.09. The highest BCUT2D eigenvalue weighted by molar-refractivity contribution is 6.18. The Morgan fingerprint density at radius 3 is 2.22 bits per heavy atom. The molecule has 3 heteroatoms. The molecule has 0 amide bonds. The molecule has 0 fully saturated rings. The molecule has 0 aliphatic carbocycles. The summed E-state index contributed by atoms with van der Waals surface area (Å²) in [6.07, 6.45) is 2.17. The first-order valence-electron chi connectivity index (χ1n) is 6.48. The zero-order valence-electron chi connectivity index (χ0n) is 11.5. The van der Waals surface area contributed by atoms with Crippen LogP contribution in [0.5, 0.6) is 11.5 Å². The zero-order chi connectivity index (χ0) is 13.4. The first-order chi connectivity index (χ1) is 8.65. The lowest BCUT2D eigenvalue weighted by Gasteiger charge is -2.16. The van der Waals surface area contributed by atoms with E-state index in [0.717, 1.165) is 30.9 Å². The monoisotopic (exact) mass is 270 g/mol. The summed E-state index contributed by atoms with van der Waals surface area (Å²) < 4.78 is 10.8. The number of benzene rings is 1. The molecular formula is C15H23ClO2. The van der Waals surface area contributed by atoms with E-state index in [1.165, 1.54) is 0 Å². The minimum absolute atomic E-state index is 0.546. The van der Waals surface area contributed by atoms with Crippen LogP contribution in [-0.4, -0.2) is 19.6 Å². The summed E-state index contributed by atoms with van der Waals surface area (Å²) >= 11 is 5.96. The lowest BCUT2D eigenvalue weighted by Crippen LogP contribution is -2.11. The summed E-state index contributed by atoms with van der Waals surface area (Å²) in [5.41, 5.74) is 0. The quantitative estimate of drug-likeness (QED) is 0.653. The van der Waals surface area contributed by atoms with Crippen molar-refractivity contribution in [1.82, 2.24) is 0 Å². The number of alkyl halides is 1. The third-order valence-electron chi connectivity index (χ3n) is 2.88. The van der Waals surface area contributed by atoms with Crippen molar-refractivity contribution in [1.29, 1.82) is 0 Å². The van der Waals surface area contributed by atoms with E-state index in [-0.39, 0.29) is 0 Å². The second-order valence-corrected chi connectivity index (χ2v) is 5.27. The lowest BCUT2D eigenvalue weighted by molar-refractivity contribution is 0.271. The number of methoxy groups -OCH3 is 1. The smallest absolute Gasteiger partial charge is 0.119 e. The lowest BCUT2D eigenvalue weighted by atomic mass is 9.96. The molecule has 0 radical (unpaired) electrons. The number of halogens is 1. The Bertz CT molecular complexity index is 322. The molecule has 0 aromatic heterocycles. The van der Waals surface area contributed by atoms with Crippen molar-refractivity contribution >= 4 is 11.6 Å². The molecule has 0 heterocycles. The molecule has 18 heavy (non-hydrogen) atoms. The van der Waals surface area contributed by atoms with Crippen LogP contribution in [0, 0.1) is 11.8 Å². The SMILES string of the molecule is COc1ccc(OCCC(CCl)CC(C)C)cc1. The van der Waals surface area contributed by atoms with Gasteiger partial charge in [0.05, 0.1) is 13.7 Å².